The summed E-state index contributed by atoms with van der Waals surface area (Å²) in [6.45, 7) is 1.97. The van der Waals surface area contributed by atoms with Gasteiger partial charge < -0.3 is 4.42 Å². The van der Waals surface area contributed by atoms with E-state index >= 15 is 0 Å². The van der Waals surface area contributed by atoms with Gasteiger partial charge in [-0.25, -0.2) is 4.57 Å². The molecule has 2 aromatic heterocycles. The maximum absolute atomic E-state index is 8.18. The van der Waals surface area contributed by atoms with Crippen LogP contribution in [-0.2, 0) is 7.05 Å². The number of furan rings is 1. The lowest BCUT2D eigenvalue weighted by molar-refractivity contribution is -0.660. The highest BCUT2D eigenvalue weighted by atomic mass is 16.3. The first-order chi connectivity index (χ1) is 17.2. The fraction of sp³-hybridized carbons (Fsp3) is 0.129. The molecule has 4 aromatic carbocycles. The summed E-state index contributed by atoms with van der Waals surface area (Å²) in [4.78, 5) is 0. The van der Waals surface area contributed by atoms with Gasteiger partial charge in [-0.2, -0.15) is 0 Å². The van der Waals surface area contributed by atoms with E-state index in [2.05, 4.69) is 50.2 Å². The smallest absolute Gasteiger partial charge is 0.216 e. The molecule has 0 bridgehead atoms. The maximum Gasteiger partial charge on any atom is 0.216 e. The summed E-state index contributed by atoms with van der Waals surface area (Å²) < 4.78 is 33.1. The van der Waals surface area contributed by atoms with E-state index in [-0.39, 0.29) is 0 Å². The van der Waals surface area contributed by atoms with Gasteiger partial charge >= 0.3 is 0 Å². The van der Waals surface area contributed by atoms with Crippen molar-refractivity contribution < 1.29 is 13.1 Å². The van der Waals surface area contributed by atoms with Crippen molar-refractivity contribution in [3.05, 3.63) is 102 Å². The number of rotatable bonds is 2. The van der Waals surface area contributed by atoms with Gasteiger partial charge in [-0.1, -0.05) is 66.7 Å². The van der Waals surface area contributed by atoms with Crippen LogP contribution in [0.25, 0.3) is 55.1 Å². The number of nitrogens with zero attached hydrogens (tertiary/aromatic N) is 1. The van der Waals surface area contributed by atoms with Crippen LogP contribution in [0.5, 0.6) is 0 Å². The van der Waals surface area contributed by atoms with Crippen molar-refractivity contribution in [2.45, 2.75) is 20.7 Å². The number of benzene rings is 4. The molecule has 0 saturated carbocycles. The third-order valence-corrected chi connectivity index (χ3v) is 6.68. The number of hydrogen-bond acceptors (Lipinski definition) is 1. The van der Waals surface area contributed by atoms with Gasteiger partial charge in [0.2, 0.25) is 5.69 Å². The average Bonchev–Trinajstić information content (AvgIpc) is 3.23. The van der Waals surface area contributed by atoms with Gasteiger partial charge in [0.05, 0.1) is 5.56 Å². The molecule has 0 unspecified atom stereocenters. The lowest BCUT2D eigenvalue weighted by Crippen LogP contribution is -2.31. The van der Waals surface area contributed by atoms with Gasteiger partial charge in [0.15, 0.2) is 6.20 Å². The second-order valence-electron chi connectivity index (χ2n) is 8.81. The topological polar surface area (TPSA) is 17.0 Å². The third-order valence-electron chi connectivity index (χ3n) is 6.68. The van der Waals surface area contributed by atoms with Crippen LogP contribution in [0, 0.1) is 20.7 Å². The zero-order valence-corrected chi connectivity index (χ0v) is 18.9. The molecule has 0 fully saturated rings. The second-order valence-corrected chi connectivity index (χ2v) is 8.81. The first-order valence-corrected chi connectivity index (χ1v) is 11.2. The van der Waals surface area contributed by atoms with Crippen LogP contribution >= 0.6 is 0 Å². The van der Waals surface area contributed by atoms with Crippen LogP contribution in [0.3, 0.4) is 0 Å². The molecule has 2 heterocycles. The molecule has 160 valence electrons. The van der Waals surface area contributed by atoms with E-state index in [0.717, 1.165) is 49.7 Å². The fourth-order valence-electron chi connectivity index (χ4n) is 5.01. The Morgan fingerprint density at radius 1 is 0.697 bits per heavy atom. The Labute approximate surface area is 197 Å². The normalized spacial score (nSPS) is 13.4. The summed E-state index contributed by atoms with van der Waals surface area (Å²) >= 11 is 0. The quantitative estimate of drug-likeness (QED) is 0.255. The van der Waals surface area contributed by atoms with Crippen molar-refractivity contribution in [3.63, 3.8) is 0 Å². The van der Waals surface area contributed by atoms with Gasteiger partial charge in [0.25, 0.3) is 0 Å². The molecule has 0 N–H and O–H groups in total. The molecule has 6 aromatic rings. The predicted molar refractivity (Wildman–Crippen MR) is 137 cm³/mol. The predicted octanol–water partition coefficient (Wildman–Crippen LogP) is 7.82. The third kappa shape index (κ3) is 2.98. The molecule has 2 heteroatoms. The number of fused-ring (bicyclic) bond motifs is 5. The molecular weight excluding hydrogens is 402 g/mol. The lowest BCUT2D eigenvalue weighted by Gasteiger charge is -2.10. The second kappa shape index (κ2) is 7.31. The number of pyridine rings is 1. The highest BCUT2D eigenvalue weighted by Gasteiger charge is 2.23. The summed E-state index contributed by atoms with van der Waals surface area (Å²) in [5, 5.41) is 4.42. The van der Waals surface area contributed by atoms with Crippen molar-refractivity contribution in [3.8, 4) is 22.4 Å². The SMILES string of the molecule is [2H]C([2H])([2H])c1c[n+](C)c(-c2c(C)ccc3c2oc2c4ccccc4c(C)cc32)cc1-c1ccccc1. The summed E-state index contributed by atoms with van der Waals surface area (Å²) in [5.74, 6) is 0. The van der Waals surface area contributed by atoms with Crippen LogP contribution < -0.4 is 4.57 Å². The van der Waals surface area contributed by atoms with Crippen LogP contribution in [0.4, 0.5) is 0 Å². The monoisotopic (exact) mass is 431 g/mol. The molecule has 0 saturated heterocycles. The lowest BCUT2D eigenvalue weighted by atomic mass is 9.95. The zero-order valence-electron chi connectivity index (χ0n) is 21.9. The van der Waals surface area contributed by atoms with Crippen molar-refractivity contribution in [2.75, 3.05) is 0 Å². The summed E-state index contributed by atoms with van der Waals surface area (Å²) in [5.41, 5.74) is 7.77. The molecule has 6 rings (SSSR count). The highest BCUT2D eigenvalue weighted by Crippen LogP contribution is 2.41. The molecule has 0 aliphatic rings. The Hall–Kier alpha value is -3.91. The van der Waals surface area contributed by atoms with Gasteiger partial charge in [-0.15, -0.1) is 0 Å². The van der Waals surface area contributed by atoms with E-state index in [1.807, 2.05) is 54.1 Å². The van der Waals surface area contributed by atoms with Crippen LogP contribution in [-0.4, -0.2) is 0 Å². The molecule has 0 amide bonds. The number of aromatic nitrogens is 1. The average molecular weight is 432 g/mol. The van der Waals surface area contributed by atoms with E-state index in [1.165, 1.54) is 10.9 Å². The van der Waals surface area contributed by atoms with Crippen LogP contribution in [0.2, 0.25) is 0 Å². The van der Waals surface area contributed by atoms with E-state index in [9.17, 15) is 0 Å². The van der Waals surface area contributed by atoms with Gasteiger partial charge in [-0.3, -0.25) is 0 Å². The summed E-state index contributed by atoms with van der Waals surface area (Å²) in [6, 6.07) is 26.5. The van der Waals surface area contributed by atoms with Gasteiger partial charge in [-0.05, 0) is 54.4 Å². The van der Waals surface area contributed by atoms with E-state index in [4.69, 9.17) is 8.53 Å². The highest BCUT2D eigenvalue weighted by molar-refractivity contribution is 6.18. The molecule has 0 spiro atoms. The Morgan fingerprint density at radius 3 is 2.21 bits per heavy atom. The Morgan fingerprint density at radius 2 is 1.42 bits per heavy atom. The largest absolute Gasteiger partial charge is 0.454 e. The molecule has 0 atom stereocenters. The first kappa shape index (κ1) is 16.7. The number of aryl methyl sites for hydroxylation is 4. The van der Waals surface area contributed by atoms with Crippen molar-refractivity contribution in [2.24, 2.45) is 7.05 Å². The van der Waals surface area contributed by atoms with Crippen LogP contribution in [0.1, 0.15) is 20.8 Å². The summed E-state index contributed by atoms with van der Waals surface area (Å²) in [6.07, 6.45) is 1.74. The molecule has 0 aliphatic heterocycles. The summed E-state index contributed by atoms with van der Waals surface area (Å²) in [7, 11) is 1.90. The van der Waals surface area contributed by atoms with Gasteiger partial charge in [0.1, 0.15) is 18.2 Å². The van der Waals surface area contributed by atoms with E-state index in [0.29, 0.717) is 11.1 Å². The molecule has 0 radical (unpaired) electrons. The molecular formula is C31H26NO+. The van der Waals surface area contributed by atoms with E-state index < -0.39 is 6.85 Å². The standard InChI is InChI=1S/C31H26NO/c1-19-14-15-25-27-16-20(2)23-12-8-9-13-24(23)30(27)33-31(25)29(19)28-17-26(21(3)18-32(28)4)22-10-6-5-7-11-22/h5-18H,1-4H3/q+1/i3D3. The minimum Gasteiger partial charge on any atom is -0.454 e. The molecule has 0 aliphatic carbocycles. The fourth-order valence-corrected chi connectivity index (χ4v) is 5.01. The Bertz CT molecular complexity index is 1800. The maximum atomic E-state index is 8.18. The van der Waals surface area contributed by atoms with Gasteiger partial charge in [0, 0.05) is 31.9 Å². The number of hydrogen-bond donors (Lipinski definition) is 0. The van der Waals surface area contributed by atoms with Crippen molar-refractivity contribution >= 4 is 32.7 Å². The first-order valence-electron chi connectivity index (χ1n) is 12.7. The Balaban J connectivity index is 1.71. The Kier molecular flexibility index (Phi) is 3.70. The molecule has 33 heavy (non-hydrogen) atoms. The molecule has 2 nitrogen and oxygen atoms in total. The van der Waals surface area contributed by atoms with Crippen LogP contribution in [0.15, 0.2) is 89.5 Å². The minimum atomic E-state index is -2.24. The minimum absolute atomic E-state index is 0.330. The van der Waals surface area contributed by atoms with Crippen molar-refractivity contribution in [1.82, 2.24) is 0 Å². The van der Waals surface area contributed by atoms with Crippen molar-refractivity contribution in [1.29, 1.82) is 0 Å². The van der Waals surface area contributed by atoms with E-state index in [1.54, 1.807) is 6.20 Å². The zero-order chi connectivity index (χ0) is 25.2.